The van der Waals surface area contributed by atoms with E-state index in [0.717, 1.165) is 36.3 Å². The highest BCUT2D eigenvalue weighted by Crippen LogP contribution is 2.34. The van der Waals surface area contributed by atoms with Crippen molar-refractivity contribution in [1.29, 1.82) is 0 Å². The van der Waals surface area contributed by atoms with Gasteiger partial charge in [-0.15, -0.1) is 0 Å². The molecule has 0 bridgehead atoms. The number of hydrogen-bond donors (Lipinski definition) is 1. The highest BCUT2D eigenvalue weighted by Gasteiger charge is 2.28. The molecular weight excluding hydrogens is 290 g/mol. The number of carbonyl (C=O) groups is 1. The summed E-state index contributed by atoms with van der Waals surface area (Å²) in [4.78, 5) is 14.2. The normalized spacial score (nSPS) is 16.2. The third-order valence-electron chi connectivity index (χ3n) is 4.72. The summed E-state index contributed by atoms with van der Waals surface area (Å²) < 4.78 is 5.15. The zero-order chi connectivity index (χ0) is 16.4. The minimum Gasteiger partial charge on any atom is -0.361 e. The molecule has 0 fully saturated rings. The lowest BCUT2D eigenvalue weighted by Gasteiger charge is -2.25. The highest BCUT2D eigenvalue weighted by atomic mass is 16.5. The topological polar surface area (TPSA) is 58.4 Å². The minimum atomic E-state index is -0.0292. The molecule has 2 amide bonds. The van der Waals surface area contributed by atoms with Gasteiger partial charge in [0.25, 0.3) is 0 Å². The Morgan fingerprint density at radius 2 is 2.17 bits per heavy atom. The van der Waals surface area contributed by atoms with E-state index in [2.05, 4.69) is 28.7 Å². The molecule has 1 aromatic carbocycles. The first-order valence-electron chi connectivity index (χ1n) is 8.08. The molecule has 2 aromatic rings. The van der Waals surface area contributed by atoms with Gasteiger partial charge in [-0.05, 0) is 44.2 Å². The number of rotatable bonds is 4. The summed E-state index contributed by atoms with van der Waals surface area (Å²) >= 11 is 0. The summed E-state index contributed by atoms with van der Waals surface area (Å²) in [6, 6.07) is 8.52. The van der Waals surface area contributed by atoms with Crippen LogP contribution in [0, 0.1) is 13.8 Å². The SMILES string of the molecule is Cc1noc(C)c1CCNC(=O)N(C)C1CCc2ccccc21. The molecule has 122 valence electrons. The van der Waals surface area contributed by atoms with Crippen molar-refractivity contribution in [2.24, 2.45) is 0 Å². The molecule has 1 aliphatic rings. The number of fused-ring (bicyclic) bond motifs is 1. The molecule has 0 spiro atoms. The van der Waals surface area contributed by atoms with E-state index in [0.29, 0.717) is 6.54 Å². The van der Waals surface area contributed by atoms with Gasteiger partial charge in [-0.25, -0.2) is 4.79 Å². The van der Waals surface area contributed by atoms with Gasteiger partial charge in [0, 0.05) is 19.2 Å². The molecule has 5 nitrogen and oxygen atoms in total. The summed E-state index contributed by atoms with van der Waals surface area (Å²) in [6.45, 7) is 4.41. The molecule has 0 saturated carbocycles. The molecular formula is C18H23N3O2. The van der Waals surface area contributed by atoms with Crippen LogP contribution in [0.5, 0.6) is 0 Å². The lowest BCUT2D eigenvalue weighted by molar-refractivity contribution is 0.190. The van der Waals surface area contributed by atoms with Crippen molar-refractivity contribution in [1.82, 2.24) is 15.4 Å². The van der Waals surface area contributed by atoms with Crippen LogP contribution >= 0.6 is 0 Å². The highest BCUT2D eigenvalue weighted by molar-refractivity contribution is 5.74. The van der Waals surface area contributed by atoms with Gasteiger partial charge in [0.05, 0.1) is 11.7 Å². The Balaban J connectivity index is 1.57. The molecule has 1 unspecified atom stereocenters. The lowest BCUT2D eigenvalue weighted by atomic mass is 10.1. The quantitative estimate of drug-likeness (QED) is 0.943. The van der Waals surface area contributed by atoms with E-state index in [1.54, 1.807) is 0 Å². The maximum absolute atomic E-state index is 12.4. The fraction of sp³-hybridized carbons (Fsp3) is 0.444. The Labute approximate surface area is 136 Å². The van der Waals surface area contributed by atoms with Crippen molar-refractivity contribution in [3.05, 3.63) is 52.4 Å². The second kappa shape index (κ2) is 6.44. The average Bonchev–Trinajstić information content (AvgIpc) is 3.12. The van der Waals surface area contributed by atoms with Crippen molar-refractivity contribution in [3.63, 3.8) is 0 Å². The maximum Gasteiger partial charge on any atom is 0.317 e. The van der Waals surface area contributed by atoms with Crippen LogP contribution in [0.2, 0.25) is 0 Å². The molecule has 3 rings (SSSR count). The van der Waals surface area contributed by atoms with E-state index >= 15 is 0 Å². The van der Waals surface area contributed by atoms with E-state index < -0.39 is 0 Å². The van der Waals surface area contributed by atoms with Crippen LogP contribution in [0.25, 0.3) is 0 Å². The fourth-order valence-electron chi connectivity index (χ4n) is 3.36. The zero-order valence-corrected chi connectivity index (χ0v) is 13.9. The minimum absolute atomic E-state index is 0.0292. The van der Waals surface area contributed by atoms with Crippen molar-refractivity contribution in [2.45, 2.75) is 39.2 Å². The van der Waals surface area contributed by atoms with E-state index in [9.17, 15) is 4.79 Å². The molecule has 1 heterocycles. The van der Waals surface area contributed by atoms with Gasteiger partial charge < -0.3 is 14.7 Å². The van der Waals surface area contributed by atoms with Crippen LogP contribution in [-0.4, -0.2) is 29.7 Å². The van der Waals surface area contributed by atoms with Gasteiger partial charge in [0.2, 0.25) is 0 Å². The number of amides is 2. The number of carbonyl (C=O) groups excluding carboxylic acids is 1. The lowest BCUT2D eigenvalue weighted by Crippen LogP contribution is -2.39. The van der Waals surface area contributed by atoms with Crippen LogP contribution in [0.15, 0.2) is 28.8 Å². The van der Waals surface area contributed by atoms with Gasteiger partial charge in [-0.3, -0.25) is 0 Å². The zero-order valence-electron chi connectivity index (χ0n) is 13.9. The molecule has 1 N–H and O–H groups in total. The Morgan fingerprint density at radius 1 is 1.39 bits per heavy atom. The molecule has 1 atom stereocenters. The number of benzene rings is 1. The van der Waals surface area contributed by atoms with E-state index in [1.165, 1.54) is 11.1 Å². The number of nitrogens with one attached hydrogen (secondary N) is 1. The van der Waals surface area contributed by atoms with Gasteiger partial charge in [0.15, 0.2) is 0 Å². The summed E-state index contributed by atoms with van der Waals surface area (Å²) in [5, 5.41) is 6.94. The summed E-state index contributed by atoms with van der Waals surface area (Å²) in [7, 11) is 1.87. The Kier molecular flexibility index (Phi) is 4.37. The van der Waals surface area contributed by atoms with E-state index in [-0.39, 0.29) is 12.1 Å². The fourth-order valence-corrected chi connectivity index (χ4v) is 3.36. The first kappa shape index (κ1) is 15.6. The number of aryl methyl sites for hydroxylation is 3. The third-order valence-corrected chi connectivity index (χ3v) is 4.72. The molecule has 0 saturated heterocycles. The molecule has 0 radical (unpaired) electrons. The smallest absolute Gasteiger partial charge is 0.317 e. The van der Waals surface area contributed by atoms with Crippen LogP contribution in [0.3, 0.4) is 0 Å². The first-order chi connectivity index (χ1) is 11.1. The van der Waals surface area contributed by atoms with Gasteiger partial charge >= 0.3 is 6.03 Å². The average molecular weight is 313 g/mol. The third kappa shape index (κ3) is 3.09. The molecule has 5 heteroatoms. The largest absolute Gasteiger partial charge is 0.361 e. The number of hydrogen-bond acceptors (Lipinski definition) is 3. The molecule has 1 aromatic heterocycles. The van der Waals surface area contributed by atoms with Gasteiger partial charge in [-0.2, -0.15) is 0 Å². The van der Waals surface area contributed by atoms with Crippen molar-refractivity contribution in [3.8, 4) is 0 Å². The van der Waals surface area contributed by atoms with Crippen LogP contribution in [0.4, 0.5) is 4.79 Å². The summed E-state index contributed by atoms with van der Waals surface area (Å²) in [6.07, 6.45) is 2.77. The predicted octanol–water partition coefficient (Wildman–Crippen LogP) is 3.16. The number of nitrogens with zero attached hydrogens (tertiary/aromatic N) is 2. The number of urea groups is 1. The van der Waals surface area contributed by atoms with Gasteiger partial charge in [-0.1, -0.05) is 29.4 Å². The van der Waals surface area contributed by atoms with Crippen molar-refractivity contribution >= 4 is 6.03 Å². The Bertz CT molecular complexity index is 689. The Morgan fingerprint density at radius 3 is 2.91 bits per heavy atom. The van der Waals surface area contributed by atoms with Crippen molar-refractivity contribution in [2.75, 3.05) is 13.6 Å². The second-order valence-electron chi connectivity index (χ2n) is 6.15. The molecule has 0 aliphatic heterocycles. The first-order valence-corrected chi connectivity index (χ1v) is 8.08. The van der Waals surface area contributed by atoms with Crippen molar-refractivity contribution < 1.29 is 9.32 Å². The monoisotopic (exact) mass is 313 g/mol. The predicted molar refractivity (Wildman–Crippen MR) is 88.3 cm³/mol. The summed E-state index contributed by atoms with van der Waals surface area (Å²) in [5.41, 5.74) is 4.61. The van der Waals surface area contributed by atoms with E-state index in [4.69, 9.17) is 4.52 Å². The summed E-state index contributed by atoms with van der Waals surface area (Å²) in [5.74, 6) is 0.829. The maximum atomic E-state index is 12.4. The Hall–Kier alpha value is -2.30. The molecule has 23 heavy (non-hydrogen) atoms. The molecule has 1 aliphatic carbocycles. The van der Waals surface area contributed by atoms with Crippen LogP contribution in [-0.2, 0) is 12.8 Å². The van der Waals surface area contributed by atoms with Gasteiger partial charge in [0.1, 0.15) is 5.76 Å². The standard InChI is InChI=1S/C18H23N3O2/c1-12-15(13(2)23-20-12)10-11-19-18(22)21(3)17-9-8-14-6-4-5-7-16(14)17/h4-7,17H,8-11H2,1-3H3,(H,19,22). The van der Waals surface area contributed by atoms with E-state index in [1.807, 2.05) is 31.9 Å². The number of aromatic nitrogens is 1. The van der Waals surface area contributed by atoms with Crippen LogP contribution < -0.4 is 5.32 Å². The van der Waals surface area contributed by atoms with Crippen LogP contribution in [0.1, 0.15) is 40.6 Å². The second-order valence-corrected chi connectivity index (χ2v) is 6.15.